The predicted octanol–water partition coefficient (Wildman–Crippen LogP) is 3.14. The van der Waals surface area contributed by atoms with E-state index in [0.29, 0.717) is 5.92 Å². The molecule has 4 nitrogen and oxygen atoms in total. The van der Waals surface area contributed by atoms with Gasteiger partial charge in [0.25, 0.3) is 0 Å². The Bertz CT molecular complexity index is 485. The van der Waals surface area contributed by atoms with Gasteiger partial charge < -0.3 is 14.5 Å². The van der Waals surface area contributed by atoms with Gasteiger partial charge >= 0.3 is 0 Å². The van der Waals surface area contributed by atoms with Gasteiger partial charge in [-0.25, -0.2) is 0 Å². The lowest BCUT2D eigenvalue weighted by atomic mass is 9.91. The second-order valence-corrected chi connectivity index (χ2v) is 6.92. The van der Waals surface area contributed by atoms with Gasteiger partial charge in [0.05, 0.1) is 12.8 Å². The van der Waals surface area contributed by atoms with Crippen LogP contribution in [0.25, 0.3) is 0 Å². The summed E-state index contributed by atoms with van der Waals surface area (Å²) in [5, 5.41) is 0. The van der Waals surface area contributed by atoms with Gasteiger partial charge in [0.15, 0.2) is 0 Å². The van der Waals surface area contributed by atoms with E-state index in [0.717, 1.165) is 17.5 Å². The maximum Gasteiger partial charge on any atom is 0.140 e. The Hall–Kier alpha value is -1.13. The highest BCUT2D eigenvalue weighted by atomic mass is 16.5. The van der Waals surface area contributed by atoms with Crippen LogP contribution in [0.2, 0.25) is 0 Å². The smallest absolute Gasteiger partial charge is 0.140 e. The van der Waals surface area contributed by atoms with Crippen LogP contribution >= 0.6 is 0 Å². The van der Waals surface area contributed by atoms with Gasteiger partial charge in [0.2, 0.25) is 0 Å². The molecule has 0 bridgehead atoms. The summed E-state index contributed by atoms with van der Waals surface area (Å²) in [5.74, 6) is 1.51. The third-order valence-corrected chi connectivity index (χ3v) is 5.69. The summed E-state index contributed by atoms with van der Waals surface area (Å²) in [6.07, 6.45) is 8.38. The number of ether oxygens (including phenoxy) is 1. The third-order valence-electron chi connectivity index (χ3n) is 5.69. The largest absolute Gasteiger partial charge is 0.495 e. The Morgan fingerprint density at radius 3 is 2.70 bits per heavy atom. The standard InChI is InChI=1S/C19H31N3O/c1-3-21-12-5-6-17(10-13-21)22-14-8-16(9-15-22)19-18(23-2)7-4-11-20-19/h4,7,11,16-17H,3,5-6,8-10,12-15H2,1-2H3. The van der Waals surface area contributed by atoms with Crippen LogP contribution in [0, 0.1) is 0 Å². The van der Waals surface area contributed by atoms with Crippen LogP contribution in [0.3, 0.4) is 0 Å². The minimum Gasteiger partial charge on any atom is -0.495 e. The molecule has 3 rings (SSSR count). The first-order chi connectivity index (χ1) is 11.3. The molecular formula is C19H31N3O. The molecule has 2 aliphatic heterocycles. The van der Waals surface area contributed by atoms with Crippen LogP contribution in [0.15, 0.2) is 18.3 Å². The highest BCUT2D eigenvalue weighted by Gasteiger charge is 2.28. The first-order valence-electron chi connectivity index (χ1n) is 9.27. The molecule has 0 N–H and O–H groups in total. The number of nitrogens with zero attached hydrogens (tertiary/aromatic N) is 3. The maximum absolute atomic E-state index is 5.50. The van der Waals surface area contributed by atoms with Crippen LogP contribution in [-0.4, -0.2) is 60.7 Å². The van der Waals surface area contributed by atoms with E-state index in [1.54, 1.807) is 7.11 Å². The summed E-state index contributed by atoms with van der Waals surface area (Å²) in [4.78, 5) is 9.94. The number of piperidine rings is 1. The fourth-order valence-corrected chi connectivity index (χ4v) is 4.24. The number of aromatic nitrogens is 1. The van der Waals surface area contributed by atoms with E-state index in [4.69, 9.17) is 4.74 Å². The lowest BCUT2D eigenvalue weighted by Gasteiger charge is -2.37. The summed E-state index contributed by atoms with van der Waals surface area (Å²) in [6.45, 7) is 8.46. The van der Waals surface area contributed by atoms with Gasteiger partial charge in [-0.15, -0.1) is 0 Å². The number of hydrogen-bond acceptors (Lipinski definition) is 4. The first kappa shape index (κ1) is 16.7. The second-order valence-electron chi connectivity index (χ2n) is 6.92. The van der Waals surface area contributed by atoms with E-state index in [2.05, 4.69) is 21.7 Å². The van der Waals surface area contributed by atoms with Gasteiger partial charge in [0.1, 0.15) is 5.75 Å². The van der Waals surface area contributed by atoms with Gasteiger partial charge in [-0.2, -0.15) is 0 Å². The summed E-state index contributed by atoms with van der Waals surface area (Å²) in [7, 11) is 1.75. The van der Waals surface area contributed by atoms with Gasteiger partial charge in [-0.1, -0.05) is 6.92 Å². The van der Waals surface area contributed by atoms with Crippen molar-refractivity contribution < 1.29 is 4.74 Å². The Morgan fingerprint density at radius 2 is 1.96 bits per heavy atom. The molecular weight excluding hydrogens is 286 g/mol. The molecule has 1 atom stereocenters. The van der Waals surface area contributed by atoms with E-state index in [9.17, 15) is 0 Å². The van der Waals surface area contributed by atoms with E-state index < -0.39 is 0 Å². The number of rotatable bonds is 4. The molecule has 2 saturated heterocycles. The van der Waals surface area contributed by atoms with Crippen molar-refractivity contribution in [3.8, 4) is 5.75 Å². The predicted molar refractivity (Wildman–Crippen MR) is 94.1 cm³/mol. The lowest BCUT2D eigenvalue weighted by Crippen LogP contribution is -2.41. The van der Waals surface area contributed by atoms with Crippen molar-refractivity contribution >= 4 is 0 Å². The number of likely N-dealkylation sites (tertiary alicyclic amines) is 2. The zero-order chi connectivity index (χ0) is 16.1. The van der Waals surface area contributed by atoms with Crippen LogP contribution < -0.4 is 4.74 Å². The van der Waals surface area contributed by atoms with E-state index in [1.165, 1.54) is 64.8 Å². The van der Waals surface area contributed by atoms with Crippen molar-refractivity contribution in [1.29, 1.82) is 0 Å². The average Bonchev–Trinajstić information content (AvgIpc) is 2.87. The molecule has 23 heavy (non-hydrogen) atoms. The first-order valence-corrected chi connectivity index (χ1v) is 9.27. The lowest BCUT2D eigenvalue weighted by molar-refractivity contribution is 0.137. The average molecular weight is 317 g/mol. The van der Waals surface area contributed by atoms with Gasteiger partial charge in [0, 0.05) is 18.2 Å². The topological polar surface area (TPSA) is 28.6 Å². The quantitative estimate of drug-likeness (QED) is 0.853. The molecule has 128 valence electrons. The molecule has 0 spiro atoms. The van der Waals surface area contributed by atoms with Crippen molar-refractivity contribution in [3.63, 3.8) is 0 Å². The Kier molecular flexibility index (Phi) is 5.90. The van der Waals surface area contributed by atoms with Crippen LogP contribution in [-0.2, 0) is 0 Å². The Balaban J connectivity index is 1.56. The summed E-state index contributed by atoms with van der Waals surface area (Å²) >= 11 is 0. The third kappa shape index (κ3) is 4.04. The van der Waals surface area contributed by atoms with Crippen LogP contribution in [0.5, 0.6) is 5.75 Å². The van der Waals surface area contributed by atoms with Crippen molar-refractivity contribution in [1.82, 2.24) is 14.8 Å². The summed E-state index contributed by atoms with van der Waals surface area (Å²) in [6, 6.07) is 4.79. The zero-order valence-electron chi connectivity index (χ0n) is 14.7. The zero-order valence-corrected chi connectivity index (χ0v) is 14.7. The molecule has 0 aliphatic carbocycles. The monoisotopic (exact) mass is 317 g/mol. The van der Waals surface area contributed by atoms with Crippen LogP contribution in [0.4, 0.5) is 0 Å². The SMILES string of the molecule is CCN1CCCC(N2CCC(c3ncccc3OC)CC2)CC1. The normalized spacial score (nSPS) is 25.2. The minimum absolute atomic E-state index is 0.556. The number of hydrogen-bond donors (Lipinski definition) is 0. The summed E-state index contributed by atoms with van der Waals surface area (Å²) in [5.41, 5.74) is 1.16. The van der Waals surface area contributed by atoms with Crippen molar-refractivity contribution in [2.75, 3.05) is 39.8 Å². The molecule has 1 aromatic heterocycles. The Morgan fingerprint density at radius 1 is 1.13 bits per heavy atom. The molecule has 4 heteroatoms. The molecule has 0 saturated carbocycles. The molecule has 1 unspecified atom stereocenters. The van der Waals surface area contributed by atoms with E-state index >= 15 is 0 Å². The number of pyridine rings is 1. The fraction of sp³-hybridized carbons (Fsp3) is 0.737. The highest BCUT2D eigenvalue weighted by molar-refractivity contribution is 5.30. The second kappa shape index (κ2) is 8.11. The van der Waals surface area contributed by atoms with Crippen molar-refractivity contribution in [3.05, 3.63) is 24.0 Å². The Labute approximate surface area is 140 Å². The molecule has 3 heterocycles. The van der Waals surface area contributed by atoms with E-state index in [-0.39, 0.29) is 0 Å². The highest BCUT2D eigenvalue weighted by Crippen LogP contribution is 2.33. The maximum atomic E-state index is 5.50. The molecule has 0 amide bonds. The molecule has 2 fully saturated rings. The van der Waals surface area contributed by atoms with Gasteiger partial charge in [-0.3, -0.25) is 4.98 Å². The van der Waals surface area contributed by atoms with Crippen molar-refractivity contribution in [2.45, 2.75) is 51.0 Å². The molecule has 1 aromatic rings. The molecule has 2 aliphatic rings. The summed E-state index contributed by atoms with van der Waals surface area (Å²) < 4.78 is 5.50. The fourth-order valence-electron chi connectivity index (χ4n) is 4.24. The van der Waals surface area contributed by atoms with E-state index in [1.807, 2.05) is 18.3 Å². The van der Waals surface area contributed by atoms with Crippen LogP contribution in [0.1, 0.15) is 50.6 Å². The number of methoxy groups -OCH3 is 1. The minimum atomic E-state index is 0.556. The van der Waals surface area contributed by atoms with Gasteiger partial charge in [-0.05, 0) is 77.0 Å². The molecule has 0 aromatic carbocycles. The molecule has 0 radical (unpaired) electrons. The van der Waals surface area contributed by atoms with Crippen molar-refractivity contribution in [2.24, 2.45) is 0 Å².